The van der Waals surface area contributed by atoms with Crippen molar-refractivity contribution in [2.45, 2.75) is 51.6 Å². The Hall–Kier alpha value is -0.380. The zero-order valence-corrected chi connectivity index (χ0v) is 12.8. The van der Waals surface area contributed by atoms with Crippen molar-refractivity contribution in [2.24, 2.45) is 5.92 Å². The van der Waals surface area contributed by atoms with Gasteiger partial charge in [0.1, 0.15) is 0 Å². The van der Waals surface area contributed by atoms with Crippen LogP contribution in [0.4, 0.5) is 0 Å². The van der Waals surface area contributed by atoms with Crippen molar-refractivity contribution in [3.63, 3.8) is 0 Å². The van der Waals surface area contributed by atoms with Crippen molar-refractivity contribution in [1.29, 1.82) is 0 Å². The van der Waals surface area contributed by atoms with E-state index >= 15 is 0 Å². The van der Waals surface area contributed by atoms with Gasteiger partial charge < -0.3 is 5.32 Å². The van der Waals surface area contributed by atoms with E-state index in [0.29, 0.717) is 0 Å². The number of aryl methyl sites for hydroxylation is 1. The van der Waals surface area contributed by atoms with E-state index in [0.717, 1.165) is 12.0 Å². The summed E-state index contributed by atoms with van der Waals surface area (Å²) in [5.74, 6) is 0.938. The third-order valence-electron chi connectivity index (χ3n) is 4.74. The highest BCUT2D eigenvalue weighted by Crippen LogP contribution is 2.27. The minimum absolute atomic E-state index is 0.829. The highest BCUT2D eigenvalue weighted by molar-refractivity contribution is 7.11. The summed E-state index contributed by atoms with van der Waals surface area (Å²) in [6, 6.07) is 5.46. The molecule has 1 N–H and O–H groups in total. The number of nitrogens with zero attached hydrogens (tertiary/aromatic N) is 1. The van der Waals surface area contributed by atoms with Crippen LogP contribution < -0.4 is 5.32 Å². The molecule has 2 fully saturated rings. The van der Waals surface area contributed by atoms with Crippen molar-refractivity contribution >= 4 is 11.3 Å². The van der Waals surface area contributed by atoms with Crippen LogP contribution in [-0.4, -0.2) is 30.6 Å². The minimum atomic E-state index is 0.829. The van der Waals surface area contributed by atoms with Crippen LogP contribution in [0.3, 0.4) is 0 Å². The molecular formula is C16H26N2S. The fourth-order valence-electron chi connectivity index (χ4n) is 3.54. The average molecular weight is 278 g/mol. The molecule has 0 saturated carbocycles. The summed E-state index contributed by atoms with van der Waals surface area (Å²) in [5, 5.41) is 3.69. The lowest BCUT2D eigenvalue weighted by atomic mass is 9.88. The van der Waals surface area contributed by atoms with Gasteiger partial charge in [0, 0.05) is 22.3 Å². The zero-order chi connectivity index (χ0) is 13.1. The first kappa shape index (κ1) is 13.6. The highest BCUT2D eigenvalue weighted by atomic mass is 32.1. The van der Waals surface area contributed by atoms with Crippen LogP contribution in [0.2, 0.25) is 0 Å². The zero-order valence-electron chi connectivity index (χ0n) is 12.0. The van der Waals surface area contributed by atoms with Gasteiger partial charge in [-0.05, 0) is 69.8 Å². The Morgan fingerprint density at radius 3 is 2.63 bits per heavy atom. The van der Waals surface area contributed by atoms with Gasteiger partial charge in [-0.15, -0.1) is 11.3 Å². The van der Waals surface area contributed by atoms with E-state index in [1.54, 1.807) is 4.88 Å². The molecule has 2 aliphatic rings. The van der Waals surface area contributed by atoms with Gasteiger partial charge in [0.15, 0.2) is 0 Å². The fraction of sp³-hybridized carbons (Fsp3) is 0.750. The van der Waals surface area contributed by atoms with Crippen LogP contribution in [0.5, 0.6) is 0 Å². The molecule has 2 aliphatic heterocycles. The quantitative estimate of drug-likeness (QED) is 0.909. The second-order valence-corrected chi connectivity index (χ2v) is 7.29. The summed E-state index contributed by atoms with van der Waals surface area (Å²) in [7, 11) is 0. The van der Waals surface area contributed by atoms with E-state index in [1.165, 1.54) is 63.2 Å². The maximum absolute atomic E-state index is 3.69. The summed E-state index contributed by atoms with van der Waals surface area (Å²) in [6.45, 7) is 7.26. The Morgan fingerprint density at radius 2 is 2.00 bits per heavy atom. The van der Waals surface area contributed by atoms with E-state index < -0.39 is 0 Å². The second-order valence-electron chi connectivity index (χ2n) is 6.04. The van der Waals surface area contributed by atoms with E-state index in [9.17, 15) is 0 Å². The molecule has 3 heterocycles. The molecule has 0 bridgehead atoms. The topological polar surface area (TPSA) is 15.3 Å². The predicted octanol–water partition coefficient (Wildman–Crippen LogP) is 3.27. The molecule has 0 radical (unpaired) electrons. The van der Waals surface area contributed by atoms with E-state index in [2.05, 4.69) is 29.3 Å². The maximum Gasteiger partial charge on any atom is 0.0328 e. The van der Waals surface area contributed by atoms with Crippen LogP contribution in [0.25, 0.3) is 0 Å². The van der Waals surface area contributed by atoms with Crippen molar-refractivity contribution in [2.75, 3.05) is 19.6 Å². The predicted molar refractivity (Wildman–Crippen MR) is 82.7 cm³/mol. The van der Waals surface area contributed by atoms with E-state index in [-0.39, 0.29) is 0 Å². The number of thiophene rings is 1. The van der Waals surface area contributed by atoms with Crippen LogP contribution in [0.15, 0.2) is 12.1 Å². The van der Waals surface area contributed by atoms with Crippen molar-refractivity contribution in [3.05, 3.63) is 21.9 Å². The molecule has 19 heavy (non-hydrogen) atoms. The van der Waals surface area contributed by atoms with E-state index in [4.69, 9.17) is 0 Å². The monoisotopic (exact) mass is 278 g/mol. The summed E-state index contributed by atoms with van der Waals surface area (Å²) >= 11 is 2.00. The molecule has 3 rings (SSSR count). The Labute approximate surface area is 121 Å². The van der Waals surface area contributed by atoms with Crippen molar-refractivity contribution < 1.29 is 0 Å². The number of rotatable bonds is 4. The summed E-state index contributed by atoms with van der Waals surface area (Å²) in [5.41, 5.74) is 0. The lowest BCUT2D eigenvalue weighted by Crippen LogP contribution is -2.40. The Balaban J connectivity index is 1.47. The fourth-order valence-corrected chi connectivity index (χ4v) is 4.55. The minimum Gasteiger partial charge on any atom is -0.314 e. The summed E-state index contributed by atoms with van der Waals surface area (Å²) in [4.78, 5) is 5.73. The van der Waals surface area contributed by atoms with Crippen LogP contribution in [-0.2, 0) is 13.0 Å². The first-order valence-corrected chi connectivity index (χ1v) is 8.70. The molecule has 106 valence electrons. The van der Waals surface area contributed by atoms with Gasteiger partial charge in [-0.25, -0.2) is 0 Å². The van der Waals surface area contributed by atoms with Crippen molar-refractivity contribution in [1.82, 2.24) is 10.2 Å². The van der Waals surface area contributed by atoms with Crippen LogP contribution in [0.1, 0.15) is 42.4 Å². The maximum atomic E-state index is 3.69. The molecule has 0 aromatic carbocycles. The van der Waals surface area contributed by atoms with E-state index in [1.807, 2.05) is 11.3 Å². The molecule has 3 heteroatoms. The molecule has 1 aromatic heterocycles. The molecule has 0 spiro atoms. The largest absolute Gasteiger partial charge is 0.314 e. The standard InChI is InChI=1S/C16H26N2S/c1-2-14-5-6-15(19-14)12-18-10-7-13(8-11-18)16-4-3-9-17-16/h5-6,13,16-17H,2-4,7-12H2,1H3. The Morgan fingerprint density at radius 1 is 1.21 bits per heavy atom. The molecule has 1 unspecified atom stereocenters. The summed E-state index contributed by atoms with van der Waals surface area (Å²) in [6.07, 6.45) is 6.77. The Bertz CT molecular complexity index is 387. The normalized spacial score (nSPS) is 26.1. The van der Waals surface area contributed by atoms with Gasteiger partial charge in [0.25, 0.3) is 0 Å². The number of nitrogens with one attached hydrogen (secondary N) is 1. The third-order valence-corrected chi connectivity index (χ3v) is 5.96. The van der Waals surface area contributed by atoms with Gasteiger partial charge >= 0.3 is 0 Å². The van der Waals surface area contributed by atoms with Crippen LogP contribution >= 0.6 is 11.3 Å². The van der Waals surface area contributed by atoms with Crippen LogP contribution in [0, 0.1) is 5.92 Å². The third kappa shape index (κ3) is 3.39. The lowest BCUT2D eigenvalue weighted by molar-refractivity contribution is 0.158. The number of piperidine rings is 1. The molecule has 0 aliphatic carbocycles. The lowest BCUT2D eigenvalue weighted by Gasteiger charge is -2.34. The number of likely N-dealkylation sites (tertiary alicyclic amines) is 1. The first-order chi connectivity index (χ1) is 9.35. The van der Waals surface area contributed by atoms with Gasteiger partial charge in [-0.3, -0.25) is 4.90 Å². The molecule has 2 nitrogen and oxygen atoms in total. The molecule has 0 amide bonds. The first-order valence-electron chi connectivity index (χ1n) is 7.88. The van der Waals surface area contributed by atoms with Gasteiger partial charge in [-0.2, -0.15) is 0 Å². The molecule has 1 atom stereocenters. The highest BCUT2D eigenvalue weighted by Gasteiger charge is 2.28. The van der Waals surface area contributed by atoms with Crippen molar-refractivity contribution in [3.8, 4) is 0 Å². The second kappa shape index (κ2) is 6.38. The smallest absolute Gasteiger partial charge is 0.0328 e. The number of hydrogen-bond acceptors (Lipinski definition) is 3. The molecule has 1 aromatic rings. The number of hydrogen-bond donors (Lipinski definition) is 1. The molecular weight excluding hydrogens is 252 g/mol. The average Bonchev–Trinajstić information content (AvgIpc) is 3.10. The Kier molecular flexibility index (Phi) is 4.57. The SMILES string of the molecule is CCc1ccc(CN2CCC(C3CCCN3)CC2)s1. The molecule has 2 saturated heterocycles. The van der Waals surface area contributed by atoms with Gasteiger partial charge in [0.2, 0.25) is 0 Å². The summed E-state index contributed by atoms with van der Waals surface area (Å²) < 4.78 is 0. The van der Waals surface area contributed by atoms with Gasteiger partial charge in [-0.1, -0.05) is 6.92 Å². The van der Waals surface area contributed by atoms with Gasteiger partial charge in [0.05, 0.1) is 0 Å².